The average Bonchev–Trinajstić information content (AvgIpc) is 2.80. The number of nitrogens with two attached hydrogens (primary N) is 1. The molecule has 6 atom stereocenters. The zero-order chi connectivity index (χ0) is 27.8. The maximum atomic E-state index is 13.9. The Morgan fingerprint density at radius 1 is 1.08 bits per heavy atom. The molecular weight excluding hydrogens is 490 g/mol. The molecule has 2 fully saturated rings. The lowest BCUT2D eigenvalue weighted by Crippen LogP contribution is -2.74. The van der Waals surface area contributed by atoms with Gasteiger partial charge in [0.2, 0.25) is 5.91 Å². The van der Waals surface area contributed by atoms with Crippen LogP contribution in [0.15, 0.2) is 24.3 Å². The Morgan fingerprint density at radius 2 is 1.71 bits per heavy atom. The van der Waals surface area contributed by atoms with Crippen LogP contribution in [0.5, 0.6) is 5.75 Å². The summed E-state index contributed by atoms with van der Waals surface area (Å²) in [7, 11) is 3.11. The minimum absolute atomic E-state index is 0.00733. The zero-order valence-corrected chi connectivity index (χ0v) is 21.5. The van der Waals surface area contributed by atoms with Crippen molar-refractivity contribution in [3.63, 3.8) is 0 Å². The SMILES string of the molecule is Cc1cc(-c2ccc(O)c3c2C[C@H]2C[C@H]4[C@H](N(C)C)C(=O)C(C(N)=O)C(=O)[C@@]4(O)C(=O)C2C3=O)cc(C)n1. The largest absolute Gasteiger partial charge is 0.507 e. The summed E-state index contributed by atoms with van der Waals surface area (Å²) in [5, 5.41) is 22.4. The van der Waals surface area contributed by atoms with Gasteiger partial charge >= 0.3 is 0 Å². The molecule has 1 amide bonds. The van der Waals surface area contributed by atoms with Crippen molar-refractivity contribution in [3.05, 3.63) is 46.8 Å². The van der Waals surface area contributed by atoms with Crippen LogP contribution in [-0.4, -0.2) is 74.9 Å². The van der Waals surface area contributed by atoms with Crippen molar-refractivity contribution in [2.45, 2.75) is 38.3 Å². The van der Waals surface area contributed by atoms with Gasteiger partial charge in [0.25, 0.3) is 0 Å². The van der Waals surface area contributed by atoms with Gasteiger partial charge in [-0.15, -0.1) is 0 Å². The summed E-state index contributed by atoms with van der Waals surface area (Å²) in [5.74, 6) is -10.6. The third-order valence-electron chi connectivity index (χ3n) is 8.34. The fourth-order valence-electron chi connectivity index (χ4n) is 6.87. The van der Waals surface area contributed by atoms with E-state index >= 15 is 0 Å². The molecule has 2 aromatic rings. The van der Waals surface area contributed by atoms with Gasteiger partial charge < -0.3 is 15.9 Å². The molecular formula is C28H29N3O7. The van der Waals surface area contributed by atoms with E-state index in [1.54, 1.807) is 20.2 Å². The van der Waals surface area contributed by atoms with Gasteiger partial charge in [-0.25, -0.2) is 0 Å². The van der Waals surface area contributed by atoms with Crippen molar-refractivity contribution < 1.29 is 34.2 Å². The minimum Gasteiger partial charge on any atom is -0.507 e. The number of benzene rings is 1. The molecule has 0 radical (unpaired) electrons. The second-order valence-corrected chi connectivity index (χ2v) is 10.9. The lowest BCUT2D eigenvalue weighted by Gasteiger charge is -2.52. The molecule has 3 aliphatic rings. The van der Waals surface area contributed by atoms with Crippen molar-refractivity contribution in [1.29, 1.82) is 0 Å². The highest BCUT2D eigenvalue weighted by Crippen LogP contribution is 2.51. The molecule has 10 heteroatoms. The number of aryl methyl sites for hydroxylation is 2. The number of rotatable bonds is 3. The van der Waals surface area contributed by atoms with Crippen LogP contribution in [-0.2, 0) is 25.6 Å². The Balaban J connectivity index is 1.67. The van der Waals surface area contributed by atoms with Crippen LogP contribution >= 0.6 is 0 Å². The quantitative estimate of drug-likeness (QED) is 0.490. The third-order valence-corrected chi connectivity index (χ3v) is 8.34. The topological polar surface area (TPSA) is 168 Å². The van der Waals surface area contributed by atoms with E-state index in [1.165, 1.54) is 11.0 Å². The highest BCUT2D eigenvalue weighted by molar-refractivity contribution is 6.32. The molecule has 38 heavy (non-hydrogen) atoms. The van der Waals surface area contributed by atoms with Crippen LogP contribution in [0, 0.1) is 37.5 Å². The number of aromatic nitrogens is 1. The molecule has 1 heterocycles. The first-order chi connectivity index (χ1) is 17.8. The highest BCUT2D eigenvalue weighted by atomic mass is 16.3. The second kappa shape index (κ2) is 8.64. The molecule has 1 aromatic heterocycles. The van der Waals surface area contributed by atoms with E-state index in [9.17, 15) is 34.2 Å². The summed E-state index contributed by atoms with van der Waals surface area (Å²) in [4.78, 5) is 72.2. The summed E-state index contributed by atoms with van der Waals surface area (Å²) in [6.45, 7) is 3.70. The number of carbonyl (C=O) groups is 5. The predicted molar refractivity (Wildman–Crippen MR) is 134 cm³/mol. The van der Waals surface area contributed by atoms with Crippen LogP contribution in [0.25, 0.3) is 11.1 Å². The summed E-state index contributed by atoms with van der Waals surface area (Å²) >= 11 is 0. The predicted octanol–water partition coefficient (Wildman–Crippen LogP) is 0.546. The number of Topliss-reactive ketones (excluding diaryl/α,β-unsaturated/α-hetero) is 4. The van der Waals surface area contributed by atoms with Crippen molar-refractivity contribution in [2.24, 2.45) is 29.4 Å². The smallest absolute Gasteiger partial charge is 0.235 e. The number of hydrogen-bond acceptors (Lipinski definition) is 9. The van der Waals surface area contributed by atoms with Gasteiger partial charge in [0.05, 0.1) is 17.5 Å². The normalized spacial score (nSPS) is 30.6. The first kappa shape index (κ1) is 25.9. The van der Waals surface area contributed by atoms with Gasteiger partial charge in [-0.3, -0.25) is 33.9 Å². The van der Waals surface area contributed by atoms with Gasteiger partial charge in [-0.2, -0.15) is 0 Å². The summed E-state index contributed by atoms with van der Waals surface area (Å²) < 4.78 is 0. The number of nitrogens with zero attached hydrogens (tertiary/aromatic N) is 2. The summed E-state index contributed by atoms with van der Waals surface area (Å²) in [6, 6.07) is 5.70. The average molecular weight is 520 g/mol. The molecule has 2 saturated carbocycles. The number of primary amides is 1. The van der Waals surface area contributed by atoms with Gasteiger partial charge in [0, 0.05) is 17.3 Å². The summed E-state index contributed by atoms with van der Waals surface area (Å²) in [5.41, 5.74) is 6.20. The maximum Gasteiger partial charge on any atom is 0.235 e. The van der Waals surface area contributed by atoms with E-state index in [4.69, 9.17) is 5.73 Å². The first-order valence-corrected chi connectivity index (χ1v) is 12.4. The molecule has 0 spiro atoms. The summed E-state index contributed by atoms with van der Waals surface area (Å²) in [6.07, 6.45) is 0.212. The number of phenols is 1. The number of ketones is 4. The van der Waals surface area contributed by atoms with Crippen molar-refractivity contribution in [3.8, 4) is 16.9 Å². The molecule has 0 bridgehead atoms. The van der Waals surface area contributed by atoms with Crippen molar-refractivity contribution in [2.75, 3.05) is 14.1 Å². The Hall–Kier alpha value is -3.76. The Morgan fingerprint density at radius 3 is 2.29 bits per heavy atom. The number of pyridine rings is 1. The van der Waals surface area contributed by atoms with Crippen molar-refractivity contribution >= 4 is 29.0 Å². The molecule has 10 nitrogen and oxygen atoms in total. The minimum atomic E-state index is -2.73. The Kier molecular flexibility index (Phi) is 5.88. The molecule has 198 valence electrons. The van der Waals surface area contributed by atoms with E-state index in [1.807, 2.05) is 26.0 Å². The van der Waals surface area contributed by atoms with Crippen molar-refractivity contribution in [1.82, 2.24) is 9.88 Å². The van der Waals surface area contributed by atoms with Crippen LogP contribution in [0.1, 0.15) is 33.7 Å². The molecule has 0 saturated heterocycles. The Bertz CT molecular complexity index is 1430. The molecule has 5 rings (SSSR count). The van der Waals surface area contributed by atoms with Crippen LogP contribution < -0.4 is 5.73 Å². The molecule has 1 aromatic carbocycles. The Labute approximate surface area is 218 Å². The van der Waals surface area contributed by atoms with Gasteiger partial charge in [-0.1, -0.05) is 6.07 Å². The molecule has 2 unspecified atom stereocenters. The number of likely N-dealkylation sites (N-methyl/N-ethyl adjacent to an activating group) is 1. The number of carbonyl (C=O) groups excluding carboxylic acids is 5. The third kappa shape index (κ3) is 3.47. The number of amides is 1. The van der Waals surface area contributed by atoms with E-state index in [-0.39, 0.29) is 24.2 Å². The number of fused-ring (bicyclic) bond motifs is 3. The molecule has 4 N–H and O–H groups in total. The van der Waals surface area contributed by atoms with E-state index < -0.39 is 64.4 Å². The monoisotopic (exact) mass is 519 g/mol. The number of phenolic OH excluding ortho intramolecular Hbond substituents is 1. The van der Waals surface area contributed by atoms with Crippen LogP contribution in [0.2, 0.25) is 0 Å². The number of hydrogen-bond donors (Lipinski definition) is 3. The van der Waals surface area contributed by atoms with E-state index in [0.717, 1.165) is 17.0 Å². The standard InChI is InChI=1S/C28H29N3O7/c1-11-7-13(8-12(2)30-11)15-5-6-18(32)20-16(15)9-14-10-17-22(31(3)4)24(34)21(27(29)37)26(36)28(17,38)25(35)19(14)23(20)33/h5-8,14,17,19,21-22,32,38H,9-10H2,1-4H3,(H2,29,37)/t14-,17-,19?,21?,22-,28-/m0/s1. The van der Waals surface area contributed by atoms with Gasteiger partial charge in [0.1, 0.15) is 5.75 Å². The lowest BCUT2D eigenvalue weighted by atomic mass is 9.52. The first-order valence-electron chi connectivity index (χ1n) is 12.4. The zero-order valence-electron chi connectivity index (χ0n) is 21.5. The van der Waals surface area contributed by atoms with E-state index in [2.05, 4.69) is 4.98 Å². The number of aliphatic hydroxyl groups is 1. The van der Waals surface area contributed by atoms with Gasteiger partial charge in [-0.05, 0) is 81.6 Å². The van der Waals surface area contributed by atoms with Gasteiger partial charge in [0.15, 0.2) is 34.7 Å². The second-order valence-electron chi connectivity index (χ2n) is 10.9. The lowest BCUT2D eigenvalue weighted by molar-refractivity contribution is -0.181. The van der Waals surface area contributed by atoms with E-state index in [0.29, 0.717) is 11.1 Å². The number of aromatic hydroxyl groups is 1. The molecule has 0 aliphatic heterocycles. The van der Waals surface area contributed by atoms with Crippen LogP contribution in [0.3, 0.4) is 0 Å². The fraction of sp³-hybridized carbons (Fsp3) is 0.429. The maximum absolute atomic E-state index is 13.9. The fourth-order valence-corrected chi connectivity index (χ4v) is 6.87. The highest BCUT2D eigenvalue weighted by Gasteiger charge is 2.69. The molecule has 3 aliphatic carbocycles. The van der Waals surface area contributed by atoms with Crippen LogP contribution in [0.4, 0.5) is 0 Å².